The molecule has 1 aromatic heterocycles. The number of aryl methyl sites for hydroxylation is 1. The number of hydrogen-bond donors (Lipinski definition) is 1. The van der Waals surface area contributed by atoms with Gasteiger partial charge in [-0.15, -0.1) is 0 Å². The molecule has 0 saturated carbocycles. The summed E-state index contributed by atoms with van der Waals surface area (Å²) in [5.74, 6) is -0.432. The van der Waals surface area contributed by atoms with Crippen LogP contribution in [-0.2, 0) is 13.6 Å². The van der Waals surface area contributed by atoms with E-state index in [9.17, 15) is 5.11 Å². The Kier molecular flexibility index (Phi) is 3.23. The average Bonchev–Trinajstić information content (AvgIpc) is 2.48. The quantitative estimate of drug-likeness (QED) is 0.480. The number of nitrogens with zero attached hydrogens (tertiary/aromatic N) is 3. The van der Waals surface area contributed by atoms with Crippen LogP contribution >= 0.6 is 12.2 Å². The van der Waals surface area contributed by atoms with Gasteiger partial charge in [0.05, 0.1) is 5.27 Å². The van der Waals surface area contributed by atoms with Crippen LogP contribution in [0.5, 0.6) is 5.95 Å². The molecule has 0 saturated heterocycles. The van der Waals surface area contributed by atoms with Gasteiger partial charge in [0, 0.05) is 14.1 Å². The van der Waals surface area contributed by atoms with Gasteiger partial charge in [-0.25, -0.2) is 0 Å². The molecule has 1 aromatic rings. The molecular weight excluding hydrogens is 204 g/mol. The first-order valence-corrected chi connectivity index (χ1v) is 4.41. The Labute approximate surface area is 87.1 Å². The fourth-order valence-electron chi connectivity index (χ4n) is 0.987. The minimum atomic E-state index is -0.432. The average molecular weight is 216 g/mol. The van der Waals surface area contributed by atoms with E-state index >= 15 is 0 Å². The van der Waals surface area contributed by atoms with Crippen molar-refractivity contribution < 1.29 is 14.3 Å². The van der Waals surface area contributed by atoms with E-state index in [2.05, 4.69) is 15.1 Å². The van der Waals surface area contributed by atoms with Crippen molar-refractivity contribution in [2.45, 2.75) is 6.54 Å². The Bertz CT molecular complexity index is 319. The molecule has 14 heavy (non-hydrogen) atoms. The normalized spacial score (nSPS) is 9.93. The van der Waals surface area contributed by atoms with Gasteiger partial charge in [-0.2, -0.15) is 0 Å². The summed E-state index contributed by atoms with van der Waals surface area (Å²) in [5.41, 5.74) is 0.463. The molecule has 1 N–H and O–H groups in total. The molecule has 1 heterocycles. The van der Waals surface area contributed by atoms with Gasteiger partial charge in [0.1, 0.15) is 6.54 Å². The maximum Gasteiger partial charge on any atom is 0.252 e. The van der Waals surface area contributed by atoms with Crippen molar-refractivity contribution in [1.82, 2.24) is 15.5 Å². The molecule has 0 unspecified atom stereocenters. The molecule has 0 aliphatic rings. The Hall–Kier alpha value is -1.37. The van der Waals surface area contributed by atoms with Gasteiger partial charge in [0.2, 0.25) is 0 Å². The Morgan fingerprint density at radius 3 is 2.86 bits per heavy atom. The summed E-state index contributed by atoms with van der Waals surface area (Å²) < 4.78 is 5.88. The first kappa shape index (κ1) is 10.7. The maximum atomic E-state index is 11.1. The zero-order valence-electron chi connectivity index (χ0n) is 8.27. The van der Waals surface area contributed by atoms with Gasteiger partial charge < -0.3 is 19.8 Å². The van der Waals surface area contributed by atoms with Crippen molar-refractivity contribution in [2.75, 3.05) is 14.1 Å². The monoisotopic (exact) mass is 216 g/mol. The van der Waals surface area contributed by atoms with Crippen LogP contribution in [0.2, 0.25) is 0 Å². The second kappa shape index (κ2) is 4.23. The van der Waals surface area contributed by atoms with Gasteiger partial charge >= 0.3 is 0 Å². The highest BCUT2D eigenvalue weighted by Gasteiger charge is 2.16. The van der Waals surface area contributed by atoms with Crippen LogP contribution in [0.1, 0.15) is 5.69 Å². The van der Waals surface area contributed by atoms with Gasteiger partial charge in [0.25, 0.3) is 5.69 Å². The number of thiocarbonyl (C=S) groups is 1. The van der Waals surface area contributed by atoms with Crippen LogP contribution < -0.4 is 15.1 Å². The lowest BCUT2D eigenvalue weighted by molar-refractivity contribution is -0.746. The van der Waals surface area contributed by atoms with Crippen molar-refractivity contribution in [2.24, 2.45) is 7.05 Å². The molecule has 0 atom stereocenters. The molecule has 0 aliphatic heterocycles. The summed E-state index contributed by atoms with van der Waals surface area (Å²) in [5, 5.41) is 18.0. The van der Waals surface area contributed by atoms with E-state index in [4.69, 9.17) is 12.2 Å². The summed E-state index contributed by atoms with van der Waals surface area (Å²) >= 11 is 4.99. The van der Waals surface area contributed by atoms with Gasteiger partial charge in [-0.05, 0) is 12.2 Å². The molecule has 0 aromatic carbocycles. The third kappa shape index (κ3) is 2.11. The highest BCUT2D eigenvalue weighted by Crippen LogP contribution is 2.08. The van der Waals surface area contributed by atoms with Crippen LogP contribution in [-0.4, -0.2) is 29.4 Å². The Morgan fingerprint density at radius 2 is 2.43 bits per heavy atom. The SMILES string of the molecule is CNC(=S)N(C)Cc1c([O-])on[n+]1C. The number of aromatic nitrogens is 2. The van der Waals surface area contributed by atoms with Crippen LogP contribution in [0.15, 0.2) is 4.52 Å². The minimum absolute atomic E-state index is 0.374. The molecule has 7 heteroatoms. The molecule has 0 aliphatic carbocycles. The second-order valence-corrected chi connectivity index (χ2v) is 3.23. The third-order valence-electron chi connectivity index (χ3n) is 1.82. The summed E-state index contributed by atoms with van der Waals surface area (Å²) in [4.78, 5) is 1.73. The predicted molar refractivity (Wildman–Crippen MR) is 50.2 cm³/mol. The Morgan fingerprint density at radius 1 is 1.79 bits per heavy atom. The van der Waals surface area contributed by atoms with Gasteiger partial charge in [-0.3, -0.25) is 0 Å². The zero-order valence-corrected chi connectivity index (χ0v) is 9.09. The van der Waals surface area contributed by atoms with E-state index in [0.717, 1.165) is 0 Å². The van der Waals surface area contributed by atoms with E-state index in [-0.39, 0.29) is 0 Å². The molecular formula is C7H12N4O2S. The minimum Gasteiger partial charge on any atom is -0.539 e. The lowest BCUT2D eigenvalue weighted by atomic mass is 10.4. The van der Waals surface area contributed by atoms with Crippen LogP contribution in [0.25, 0.3) is 0 Å². The standard InChI is InChI=1S/C7H12N4O2S/c1-8-7(14)10(2)4-5-6(12)13-9-11(5)3/h4H2,1-3H3,(H-,8,9,12,14). The van der Waals surface area contributed by atoms with Crippen LogP contribution in [0.4, 0.5) is 0 Å². The molecule has 0 spiro atoms. The van der Waals surface area contributed by atoms with Gasteiger partial charge in [0.15, 0.2) is 18.1 Å². The summed E-state index contributed by atoms with van der Waals surface area (Å²) in [6.07, 6.45) is 0. The summed E-state index contributed by atoms with van der Waals surface area (Å²) in [7, 11) is 5.16. The van der Waals surface area contributed by atoms with Crippen molar-refractivity contribution in [3.05, 3.63) is 5.69 Å². The van der Waals surface area contributed by atoms with E-state index in [0.29, 0.717) is 17.4 Å². The number of rotatable bonds is 2. The van der Waals surface area contributed by atoms with E-state index in [1.165, 1.54) is 4.68 Å². The van der Waals surface area contributed by atoms with E-state index in [1.54, 1.807) is 26.0 Å². The molecule has 1 rings (SSSR count). The first-order chi connectivity index (χ1) is 6.56. The highest BCUT2D eigenvalue weighted by molar-refractivity contribution is 7.80. The van der Waals surface area contributed by atoms with Crippen molar-refractivity contribution in [1.29, 1.82) is 0 Å². The van der Waals surface area contributed by atoms with Crippen molar-refractivity contribution in [3.8, 4) is 5.95 Å². The van der Waals surface area contributed by atoms with E-state index < -0.39 is 5.95 Å². The smallest absolute Gasteiger partial charge is 0.252 e. The summed E-state index contributed by atoms with van der Waals surface area (Å²) in [6.45, 7) is 0.374. The molecule has 0 fully saturated rings. The molecule has 0 amide bonds. The van der Waals surface area contributed by atoms with Crippen molar-refractivity contribution in [3.63, 3.8) is 0 Å². The lowest BCUT2D eigenvalue weighted by Gasteiger charge is -2.16. The number of nitrogens with one attached hydrogen (secondary N) is 1. The fraction of sp³-hybridized carbons (Fsp3) is 0.571. The first-order valence-electron chi connectivity index (χ1n) is 4.01. The summed E-state index contributed by atoms with van der Waals surface area (Å²) in [6, 6.07) is 0. The molecule has 6 nitrogen and oxygen atoms in total. The topological polar surface area (TPSA) is 68.2 Å². The zero-order chi connectivity index (χ0) is 10.7. The predicted octanol–water partition coefficient (Wildman–Crippen LogP) is -1.49. The van der Waals surface area contributed by atoms with Crippen LogP contribution in [0.3, 0.4) is 0 Å². The van der Waals surface area contributed by atoms with E-state index in [1.807, 2.05) is 0 Å². The maximum absolute atomic E-state index is 11.1. The second-order valence-electron chi connectivity index (χ2n) is 2.84. The molecule has 78 valence electrons. The molecule has 0 bridgehead atoms. The lowest BCUT2D eigenvalue weighted by Crippen LogP contribution is -2.41. The Balaban J connectivity index is 2.73. The molecule has 0 radical (unpaired) electrons. The van der Waals surface area contributed by atoms with Crippen LogP contribution in [0, 0.1) is 0 Å². The van der Waals surface area contributed by atoms with Gasteiger partial charge in [-0.1, -0.05) is 4.68 Å². The highest BCUT2D eigenvalue weighted by atomic mass is 32.1. The third-order valence-corrected chi connectivity index (χ3v) is 2.34. The largest absolute Gasteiger partial charge is 0.539 e. The van der Waals surface area contributed by atoms with Crippen molar-refractivity contribution >= 4 is 17.3 Å². The number of hydrogen-bond acceptors (Lipinski definition) is 4. The fourth-order valence-corrected chi connectivity index (χ4v) is 1.05.